The zero-order valence-electron chi connectivity index (χ0n) is 12.9. The number of anilines is 2. The maximum Gasteiger partial charge on any atom is 0.191 e. The average molecular weight is 312 g/mol. The molecule has 2 N–H and O–H groups in total. The number of thioether (sulfide) groups is 1. The van der Waals surface area contributed by atoms with Crippen LogP contribution >= 0.6 is 11.8 Å². The Bertz CT molecular complexity index is 466. The fourth-order valence-corrected chi connectivity index (χ4v) is 2.78. The molecule has 0 atom stereocenters. The van der Waals surface area contributed by atoms with Crippen molar-refractivity contribution >= 4 is 23.4 Å². The van der Waals surface area contributed by atoms with Gasteiger partial charge in [-0.3, -0.25) is 0 Å². The summed E-state index contributed by atoms with van der Waals surface area (Å²) >= 11 is 1.51. The topological polar surface area (TPSA) is 70.5 Å². The van der Waals surface area contributed by atoms with Crippen LogP contribution in [0.1, 0.15) is 19.8 Å². The lowest BCUT2D eigenvalue weighted by Crippen LogP contribution is -2.46. The van der Waals surface area contributed by atoms with Crippen LogP contribution in [0, 0.1) is 0 Å². The molecule has 0 spiro atoms. The van der Waals surface area contributed by atoms with E-state index < -0.39 is 5.60 Å². The Hall–Kier alpha value is -1.05. The minimum absolute atomic E-state index is 0.548. The van der Waals surface area contributed by atoms with Crippen LogP contribution in [0.5, 0.6) is 0 Å². The van der Waals surface area contributed by atoms with Crippen molar-refractivity contribution in [1.82, 2.24) is 9.97 Å². The summed E-state index contributed by atoms with van der Waals surface area (Å²) in [6.45, 7) is 4.64. The number of aromatic nitrogens is 2. The van der Waals surface area contributed by atoms with Gasteiger partial charge in [-0.05, 0) is 13.2 Å². The van der Waals surface area contributed by atoms with Crippen LogP contribution in [0.2, 0.25) is 0 Å². The van der Waals surface area contributed by atoms with E-state index in [-0.39, 0.29) is 0 Å². The van der Waals surface area contributed by atoms with E-state index in [0.717, 1.165) is 23.3 Å². The second-order valence-corrected chi connectivity index (χ2v) is 6.09. The zero-order valence-corrected chi connectivity index (χ0v) is 13.7. The first kappa shape index (κ1) is 16.3. The Labute approximate surface area is 130 Å². The fraction of sp³-hybridized carbons (Fsp3) is 0.714. The summed E-state index contributed by atoms with van der Waals surface area (Å²) in [6, 6.07) is 1.92. The van der Waals surface area contributed by atoms with Crippen molar-refractivity contribution in [2.45, 2.75) is 30.5 Å². The summed E-state index contributed by atoms with van der Waals surface area (Å²) in [6.07, 6.45) is 3.29. The molecule has 2 heterocycles. The quantitative estimate of drug-likeness (QED) is 0.611. The van der Waals surface area contributed by atoms with E-state index in [4.69, 9.17) is 4.74 Å². The van der Waals surface area contributed by atoms with Crippen molar-refractivity contribution in [3.05, 3.63) is 6.07 Å². The minimum Gasteiger partial charge on any atom is -0.388 e. The zero-order chi connectivity index (χ0) is 15.3. The molecule has 118 valence electrons. The normalized spacial score (nSPS) is 17.5. The first-order valence-corrected chi connectivity index (χ1v) is 8.47. The van der Waals surface area contributed by atoms with Gasteiger partial charge in [0.25, 0.3) is 0 Å². The molecular formula is C14H24N4O2S. The van der Waals surface area contributed by atoms with Gasteiger partial charge in [-0.25, -0.2) is 9.97 Å². The van der Waals surface area contributed by atoms with E-state index >= 15 is 0 Å². The van der Waals surface area contributed by atoms with Crippen LogP contribution in [0.4, 0.5) is 11.6 Å². The van der Waals surface area contributed by atoms with Crippen LogP contribution < -0.4 is 10.2 Å². The average Bonchev–Trinajstić information content (AvgIpc) is 2.47. The van der Waals surface area contributed by atoms with Crippen molar-refractivity contribution in [3.63, 3.8) is 0 Å². The lowest BCUT2D eigenvalue weighted by Gasteiger charge is -2.35. The van der Waals surface area contributed by atoms with Gasteiger partial charge in [0, 0.05) is 52.3 Å². The van der Waals surface area contributed by atoms with Gasteiger partial charge in [-0.15, -0.1) is 0 Å². The number of nitrogens with zero attached hydrogens (tertiary/aromatic N) is 3. The van der Waals surface area contributed by atoms with Crippen molar-refractivity contribution < 1.29 is 9.84 Å². The predicted octanol–water partition coefficient (Wildman–Crippen LogP) is 1.61. The van der Waals surface area contributed by atoms with Gasteiger partial charge in [0.2, 0.25) is 0 Å². The minimum atomic E-state index is -0.699. The van der Waals surface area contributed by atoms with Gasteiger partial charge in [0.15, 0.2) is 5.16 Å². The molecule has 1 fully saturated rings. The third kappa shape index (κ3) is 4.46. The molecule has 0 amide bonds. The van der Waals surface area contributed by atoms with Gasteiger partial charge in [0.05, 0.1) is 5.60 Å². The molecule has 0 aromatic carbocycles. The number of rotatable bonds is 6. The fourth-order valence-electron chi connectivity index (χ4n) is 2.40. The third-order valence-corrected chi connectivity index (χ3v) is 4.13. The first-order valence-electron chi connectivity index (χ1n) is 7.24. The third-order valence-electron chi connectivity index (χ3n) is 3.58. The SMILES string of the molecule is CCNc1cc(N(C)CC2(O)CCOCC2)nc(SC)n1. The van der Waals surface area contributed by atoms with Crippen LogP contribution in [0.25, 0.3) is 0 Å². The number of aliphatic hydroxyl groups is 1. The second kappa shape index (κ2) is 7.29. The van der Waals surface area contributed by atoms with Crippen molar-refractivity contribution in [2.24, 2.45) is 0 Å². The molecule has 0 radical (unpaired) electrons. The van der Waals surface area contributed by atoms with E-state index in [1.54, 1.807) is 0 Å². The first-order chi connectivity index (χ1) is 10.1. The summed E-state index contributed by atoms with van der Waals surface area (Å²) in [7, 11) is 1.95. The summed E-state index contributed by atoms with van der Waals surface area (Å²) in [5, 5.41) is 14.6. The standard InChI is InChI=1S/C14H24N4O2S/c1-4-15-11-9-12(17-13(16-11)21-3)18(2)10-14(19)5-7-20-8-6-14/h9,19H,4-8,10H2,1-3H3,(H,15,16,17). The Morgan fingerprint density at radius 2 is 2.14 bits per heavy atom. The Balaban J connectivity index is 2.13. The van der Waals surface area contributed by atoms with Crippen molar-refractivity contribution in [3.8, 4) is 0 Å². The van der Waals surface area contributed by atoms with Gasteiger partial charge >= 0.3 is 0 Å². The highest BCUT2D eigenvalue weighted by Gasteiger charge is 2.31. The van der Waals surface area contributed by atoms with Gasteiger partial charge < -0.3 is 20.1 Å². The lowest BCUT2D eigenvalue weighted by atomic mass is 9.94. The van der Waals surface area contributed by atoms with Crippen LogP contribution in [0.3, 0.4) is 0 Å². The van der Waals surface area contributed by atoms with Gasteiger partial charge in [-0.2, -0.15) is 0 Å². The van der Waals surface area contributed by atoms with E-state index in [9.17, 15) is 5.11 Å². The molecule has 6 nitrogen and oxygen atoms in total. The predicted molar refractivity (Wildman–Crippen MR) is 86.2 cm³/mol. The van der Waals surface area contributed by atoms with E-state index in [2.05, 4.69) is 15.3 Å². The molecule has 1 aromatic heterocycles. The number of hydrogen-bond donors (Lipinski definition) is 2. The highest BCUT2D eigenvalue weighted by atomic mass is 32.2. The Morgan fingerprint density at radius 1 is 1.43 bits per heavy atom. The highest BCUT2D eigenvalue weighted by molar-refractivity contribution is 7.98. The maximum atomic E-state index is 10.6. The maximum absolute atomic E-state index is 10.6. The molecule has 1 saturated heterocycles. The summed E-state index contributed by atoms with van der Waals surface area (Å²) in [4.78, 5) is 10.9. The molecule has 0 saturated carbocycles. The summed E-state index contributed by atoms with van der Waals surface area (Å²) in [5.74, 6) is 1.64. The Kier molecular flexibility index (Phi) is 5.66. The highest BCUT2D eigenvalue weighted by Crippen LogP contribution is 2.25. The van der Waals surface area contributed by atoms with E-state index in [0.29, 0.717) is 32.6 Å². The monoisotopic (exact) mass is 312 g/mol. The van der Waals surface area contributed by atoms with Crippen LogP contribution in [-0.4, -0.2) is 60.3 Å². The number of nitrogens with one attached hydrogen (secondary N) is 1. The molecule has 7 heteroatoms. The van der Waals surface area contributed by atoms with E-state index in [1.807, 2.05) is 31.2 Å². The van der Waals surface area contributed by atoms with Crippen LogP contribution in [0.15, 0.2) is 11.2 Å². The summed E-state index contributed by atoms with van der Waals surface area (Å²) in [5.41, 5.74) is -0.699. The van der Waals surface area contributed by atoms with Crippen molar-refractivity contribution in [2.75, 3.05) is 49.8 Å². The lowest BCUT2D eigenvalue weighted by molar-refractivity contribution is -0.0573. The number of hydrogen-bond acceptors (Lipinski definition) is 7. The smallest absolute Gasteiger partial charge is 0.191 e. The van der Waals surface area contributed by atoms with Crippen molar-refractivity contribution in [1.29, 1.82) is 0 Å². The van der Waals surface area contributed by atoms with E-state index in [1.165, 1.54) is 11.8 Å². The van der Waals surface area contributed by atoms with Gasteiger partial charge in [0.1, 0.15) is 11.6 Å². The molecule has 21 heavy (non-hydrogen) atoms. The molecule has 1 aliphatic rings. The number of likely N-dealkylation sites (N-methyl/N-ethyl adjacent to an activating group) is 1. The molecule has 0 unspecified atom stereocenters. The molecule has 0 aliphatic carbocycles. The second-order valence-electron chi connectivity index (χ2n) is 5.32. The summed E-state index contributed by atoms with van der Waals surface area (Å²) < 4.78 is 5.32. The molecule has 2 rings (SSSR count). The molecule has 0 bridgehead atoms. The molecule has 1 aromatic rings. The Morgan fingerprint density at radius 3 is 2.76 bits per heavy atom. The number of ether oxygens (including phenoxy) is 1. The molecule has 1 aliphatic heterocycles. The largest absolute Gasteiger partial charge is 0.388 e. The molecular weight excluding hydrogens is 288 g/mol. The van der Waals surface area contributed by atoms with Crippen LogP contribution in [-0.2, 0) is 4.74 Å². The van der Waals surface area contributed by atoms with Gasteiger partial charge in [-0.1, -0.05) is 11.8 Å².